The van der Waals surface area contributed by atoms with Gasteiger partial charge < -0.3 is 20.7 Å². The molecule has 0 spiro atoms. The van der Waals surface area contributed by atoms with Gasteiger partial charge in [0.1, 0.15) is 0 Å². The topological polar surface area (TPSA) is 86.8 Å². The fourth-order valence-corrected chi connectivity index (χ4v) is 3.06. The van der Waals surface area contributed by atoms with Gasteiger partial charge in [-0.25, -0.2) is 0 Å². The monoisotopic (exact) mass is 240 g/mol. The maximum absolute atomic E-state index is 12.3. The van der Waals surface area contributed by atoms with Crippen molar-refractivity contribution in [2.75, 3.05) is 6.54 Å². The SMILES string of the molecule is N[C@H]1CCCC[C@H]1C(=O)N1CCC[C@H]1B(O)O. The van der Waals surface area contributed by atoms with Gasteiger partial charge in [0.05, 0.1) is 11.9 Å². The smallest absolute Gasteiger partial charge is 0.426 e. The fourth-order valence-electron chi connectivity index (χ4n) is 3.06. The number of carbonyl (C=O) groups is 1. The average Bonchev–Trinajstić information content (AvgIpc) is 2.77. The van der Waals surface area contributed by atoms with Gasteiger partial charge in [0.2, 0.25) is 5.91 Å². The number of hydrogen-bond donors (Lipinski definition) is 3. The van der Waals surface area contributed by atoms with Crippen molar-refractivity contribution < 1.29 is 14.8 Å². The third kappa shape index (κ3) is 2.64. The molecule has 1 saturated carbocycles. The van der Waals surface area contributed by atoms with Crippen molar-refractivity contribution in [3.8, 4) is 0 Å². The summed E-state index contributed by atoms with van der Waals surface area (Å²) >= 11 is 0. The van der Waals surface area contributed by atoms with Crippen LogP contribution in [0.1, 0.15) is 38.5 Å². The van der Waals surface area contributed by atoms with Gasteiger partial charge in [0, 0.05) is 12.6 Å². The van der Waals surface area contributed by atoms with Crippen LogP contribution in [0.2, 0.25) is 0 Å². The van der Waals surface area contributed by atoms with Crippen LogP contribution in [0.5, 0.6) is 0 Å². The quantitative estimate of drug-likeness (QED) is 0.568. The van der Waals surface area contributed by atoms with Crippen LogP contribution in [0, 0.1) is 5.92 Å². The lowest BCUT2D eigenvalue weighted by Gasteiger charge is -2.33. The molecule has 0 aromatic carbocycles. The lowest BCUT2D eigenvalue weighted by molar-refractivity contribution is -0.137. The van der Waals surface area contributed by atoms with Crippen LogP contribution in [0.25, 0.3) is 0 Å². The average molecular weight is 240 g/mol. The van der Waals surface area contributed by atoms with Crippen LogP contribution in [-0.2, 0) is 4.79 Å². The summed E-state index contributed by atoms with van der Waals surface area (Å²) in [5, 5.41) is 18.5. The van der Waals surface area contributed by atoms with E-state index < -0.39 is 13.1 Å². The van der Waals surface area contributed by atoms with Gasteiger partial charge in [-0.2, -0.15) is 0 Å². The Bertz CT molecular complexity index is 288. The number of rotatable bonds is 2. The first-order valence-electron chi connectivity index (χ1n) is 6.53. The lowest BCUT2D eigenvalue weighted by atomic mass is 9.76. The Labute approximate surface area is 102 Å². The van der Waals surface area contributed by atoms with Crippen molar-refractivity contribution in [1.82, 2.24) is 4.90 Å². The van der Waals surface area contributed by atoms with Gasteiger partial charge in [0.15, 0.2) is 0 Å². The van der Waals surface area contributed by atoms with Crippen LogP contribution >= 0.6 is 0 Å². The van der Waals surface area contributed by atoms with Crippen molar-refractivity contribution >= 4 is 13.0 Å². The van der Waals surface area contributed by atoms with Gasteiger partial charge in [-0.1, -0.05) is 12.8 Å². The van der Waals surface area contributed by atoms with Crippen LogP contribution in [0.15, 0.2) is 0 Å². The van der Waals surface area contributed by atoms with Gasteiger partial charge in [-0.15, -0.1) is 0 Å². The Hall–Kier alpha value is -0.585. The number of nitrogens with zero attached hydrogens (tertiary/aromatic N) is 1. The predicted octanol–water partition coefficient (Wildman–Crippen LogP) is -0.493. The van der Waals surface area contributed by atoms with E-state index in [9.17, 15) is 14.8 Å². The number of hydrogen-bond acceptors (Lipinski definition) is 4. The Morgan fingerprint density at radius 1 is 1.18 bits per heavy atom. The van der Waals surface area contributed by atoms with Crippen molar-refractivity contribution in [2.45, 2.75) is 50.5 Å². The minimum absolute atomic E-state index is 0.0211. The number of nitrogens with two attached hydrogens (primary N) is 1. The first-order chi connectivity index (χ1) is 8.11. The van der Waals surface area contributed by atoms with Crippen molar-refractivity contribution in [3.05, 3.63) is 0 Å². The summed E-state index contributed by atoms with van der Waals surface area (Å²) in [4.78, 5) is 14.0. The minimum atomic E-state index is -1.43. The summed E-state index contributed by atoms with van der Waals surface area (Å²) in [6, 6.07) is -0.0617. The second-order valence-corrected chi connectivity index (χ2v) is 5.21. The molecular weight excluding hydrogens is 219 g/mol. The van der Waals surface area contributed by atoms with E-state index in [1.54, 1.807) is 4.90 Å². The van der Waals surface area contributed by atoms with Crippen molar-refractivity contribution in [2.24, 2.45) is 11.7 Å². The van der Waals surface area contributed by atoms with Crippen LogP contribution in [-0.4, -0.2) is 46.5 Å². The Kier molecular flexibility index (Phi) is 4.07. The van der Waals surface area contributed by atoms with Crippen LogP contribution in [0.4, 0.5) is 0 Å². The van der Waals surface area contributed by atoms with Crippen molar-refractivity contribution in [3.63, 3.8) is 0 Å². The molecular formula is C11H21BN2O3. The van der Waals surface area contributed by atoms with E-state index in [-0.39, 0.29) is 17.9 Å². The number of carbonyl (C=O) groups excluding carboxylic acids is 1. The molecule has 6 heteroatoms. The first kappa shape index (κ1) is 12.9. The molecule has 96 valence electrons. The summed E-state index contributed by atoms with van der Waals surface area (Å²) < 4.78 is 0. The molecule has 17 heavy (non-hydrogen) atoms. The number of likely N-dealkylation sites (tertiary alicyclic amines) is 1. The standard InChI is InChI=1S/C11H21BN2O3/c13-9-5-2-1-4-8(9)11(15)14-7-3-6-10(14)12(16)17/h8-10,16-17H,1-7,13H2/t8-,9+,10+/m1/s1. The normalized spacial score (nSPS) is 33.8. The van der Waals surface area contributed by atoms with E-state index >= 15 is 0 Å². The van der Waals surface area contributed by atoms with Crippen LogP contribution < -0.4 is 5.73 Å². The molecule has 2 aliphatic rings. The Morgan fingerprint density at radius 3 is 2.53 bits per heavy atom. The van der Waals surface area contributed by atoms with Crippen molar-refractivity contribution in [1.29, 1.82) is 0 Å². The van der Waals surface area contributed by atoms with E-state index in [2.05, 4.69) is 0 Å². The molecule has 4 N–H and O–H groups in total. The summed E-state index contributed by atoms with van der Waals surface area (Å²) in [5.41, 5.74) is 6.00. The fraction of sp³-hybridized carbons (Fsp3) is 0.909. The van der Waals surface area contributed by atoms with Gasteiger partial charge in [-0.3, -0.25) is 4.79 Å². The molecule has 1 saturated heterocycles. The molecule has 1 amide bonds. The summed E-state index contributed by atoms with van der Waals surface area (Å²) in [5.74, 6) is -0.535. The molecule has 1 heterocycles. The lowest BCUT2D eigenvalue weighted by Crippen LogP contribution is -2.51. The second kappa shape index (κ2) is 5.37. The maximum atomic E-state index is 12.3. The zero-order valence-corrected chi connectivity index (χ0v) is 10.1. The molecule has 0 aromatic rings. The molecule has 1 aliphatic carbocycles. The Balaban J connectivity index is 2.03. The Morgan fingerprint density at radius 2 is 1.88 bits per heavy atom. The molecule has 1 aliphatic heterocycles. The van der Waals surface area contributed by atoms with E-state index in [0.29, 0.717) is 13.0 Å². The van der Waals surface area contributed by atoms with E-state index in [0.717, 1.165) is 32.1 Å². The molecule has 3 atom stereocenters. The first-order valence-corrected chi connectivity index (χ1v) is 6.53. The summed E-state index contributed by atoms with van der Waals surface area (Å²) in [6.45, 7) is 0.629. The zero-order chi connectivity index (χ0) is 12.4. The second-order valence-electron chi connectivity index (χ2n) is 5.21. The van der Waals surface area contributed by atoms with E-state index in [1.165, 1.54) is 0 Å². The predicted molar refractivity (Wildman–Crippen MR) is 64.9 cm³/mol. The number of amides is 1. The molecule has 5 nitrogen and oxygen atoms in total. The highest BCUT2D eigenvalue weighted by molar-refractivity contribution is 6.43. The minimum Gasteiger partial charge on any atom is -0.426 e. The third-order valence-corrected chi connectivity index (χ3v) is 4.06. The van der Waals surface area contributed by atoms with E-state index in [4.69, 9.17) is 5.73 Å². The molecule has 0 radical (unpaired) electrons. The van der Waals surface area contributed by atoms with Gasteiger partial charge >= 0.3 is 7.12 Å². The molecule has 0 aromatic heterocycles. The highest BCUT2D eigenvalue weighted by Crippen LogP contribution is 2.28. The summed E-state index contributed by atoms with van der Waals surface area (Å²) in [7, 11) is -1.43. The molecule has 0 unspecified atom stereocenters. The summed E-state index contributed by atoms with van der Waals surface area (Å²) in [6.07, 6.45) is 5.39. The highest BCUT2D eigenvalue weighted by Gasteiger charge is 2.40. The van der Waals surface area contributed by atoms with Gasteiger partial charge in [-0.05, 0) is 25.7 Å². The molecule has 2 rings (SSSR count). The maximum Gasteiger partial charge on any atom is 0.475 e. The molecule has 2 fully saturated rings. The highest BCUT2D eigenvalue weighted by atomic mass is 16.4. The largest absolute Gasteiger partial charge is 0.475 e. The van der Waals surface area contributed by atoms with Gasteiger partial charge in [0.25, 0.3) is 0 Å². The zero-order valence-electron chi connectivity index (χ0n) is 10.1. The van der Waals surface area contributed by atoms with E-state index in [1.807, 2.05) is 0 Å². The third-order valence-electron chi connectivity index (χ3n) is 4.06. The van der Waals surface area contributed by atoms with Crippen LogP contribution in [0.3, 0.4) is 0 Å². The molecule has 0 bridgehead atoms.